The zero-order valence-electron chi connectivity index (χ0n) is 10.5. The van der Waals surface area contributed by atoms with E-state index in [-0.39, 0.29) is 0 Å². The van der Waals surface area contributed by atoms with Gasteiger partial charge in [-0.3, -0.25) is 4.79 Å². The van der Waals surface area contributed by atoms with Crippen molar-refractivity contribution in [2.24, 2.45) is 11.7 Å². The molecule has 1 aliphatic rings. The molecule has 1 aromatic carbocycles. The van der Waals surface area contributed by atoms with Crippen LogP contribution in [0.3, 0.4) is 0 Å². The fourth-order valence-corrected chi connectivity index (χ4v) is 2.45. The largest absolute Gasteiger partial charge is 0.369 e. The van der Waals surface area contributed by atoms with Gasteiger partial charge in [-0.2, -0.15) is 10.1 Å². The minimum absolute atomic E-state index is 0.392. The van der Waals surface area contributed by atoms with Gasteiger partial charge in [-0.25, -0.2) is 9.07 Å². The molecule has 0 spiro atoms. The molecular weight excluding hydrogens is 261 g/mol. The standard InChI is InChI=1S/C13H12FN5O/c1-7-10(12(15)20)11(8-3-2-4-9(14)5-8)19-13(18-7)16-6-17-19/h2-6,10-11H,1H2,(H2,15,20)(H,16,17,18)/t10-,11+/m0/s1. The Morgan fingerprint density at radius 1 is 1.50 bits per heavy atom. The number of carbonyl (C=O) groups is 1. The first kappa shape index (κ1) is 12.3. The molecule has 0 fully saturated rings. The third-order valence-electron chi connectivity index (χ3n) is 3.30. The van der Waals surface area contributed by atoms with Crippen molar-refractivity contribution in [3.8, 4) is 0 Å². The van der Waals surface area contributed by atoms with Crippen molar-refractivity contribution < 1.29 is 9.18 Å². The number of nitrogens with zero attached hydrogens (tertiary/aromatic N) is 3. The second-order valence-electron chi connectivity index (χ2n) is 4.56. The monoisotopic (exact) mass is 273 g/mol. The lowest BCUT2D eigenvalue weighted by Gasteiger charge is -2.32. The molecular formula is C13H12FN5O. The van der Waals surface area contributed by atoms with Gasteiger partial charge in [-0.15, -0.1) is 0 Å². The van der Waals surface area contributed by atoms with Gasteiger partial charge in [0, 0.05) is 5.70 Å². The Kier molecular flexibility index (Phi) is 2.74. The summed E-state index contributed by atoms with van der Waals surface area (Å²) in [7, 11) is 0. The minimum atomic E-state index is -0.731. The second kappa shape index (κ2) is 4.44. The van der Waals surface area contributed by atoms with E-state index in [0.717, 1.165) is 0 Å². The molecule has 102 valence electrons. The summed E-state index contributed by atoms with van der Waals surface area (Å²) in [6, 6.07) is 5.41. The molecule has 3 N–H and O–H groups in total. The van der Waals surface area contributed by atoms with Gasteiger partial charge in [-0.05, 0) is 17.7 Å². The van der Waals surface area contributed by atoms with Gasteiger partial charge in [0.05, 0.1) is 6.04 Å². The van der Waals surface area contributed by atoms with Crippen LogP contribution in [0.25, 0.3) is 0 Å². The molecule has 0 saturated heterocycles. The van der Waals surface area contributed by atoms with E-state index >= 15 is 0 Å². The SMILES string of the molecule is C=C1Nc2ncnn2[C@H](c2cccc(F)c2)[C@H]1C(N)=O. The average molecular weight is 273 g/mol. The molecule has 2 heterocycles. The van der Waals surface area contributed by atoms with Crippen LogP contribution < -0.4 is 11.1 Å². The Balaban J connectivity index is 2.18. The molecule has 1 aliphatic heterocycles. The highest BCUT2D eigenvalue weighted by molar-refractivity contribution is 5.82. The lowest BCUT2D eigenvalue weighted by Crippen LogP contribution is -2.40. The molecule has 7 heteroatoms. The maximum Gasteiger partial charge on any atom is 0.229 e. The maximum absolute atomic E-state index is 13.4. The number of anilines is 1. The van der Waals surface area contributed by atoms with Crippen molar-refractivity contribution in [1.82, 2.24) is 14.8 Å². The van der Waals surface area contributed by atoms with Crippen molar-refractivity contribution in [3.05, 3.63) is 54.2 Å². The first-order valence-corrected chi connectivity index (χ1v) is 5.98. The van der Waals surface area contributed by atoms with Crippen LogP contribution in [-0.4, -0.2) is 20.7 Å². The van der Waals surface area contributed by atoms with Crippen molar-refractivity contribution in [2.45, 2.75) is 6.04 Å². The number of hydrogen-bond acceptors (Lipinski definition) is 4. The number of nitrogens with two attached hydrogens (primary N) is 1. The second-order valence-corrected chi connectivity index (χ2v) is 4.56. The van der Waals surface area contributed by atoms with E-state index in [1.165, 1.54) is 23.1 Å². The summed E-state index contributed by atoms with van der Waals surface area (Å²) in [4.78, 5) is 15.8. The highest BCUT2D eigenvalue weighted by atomic mass is 19.1. The van der Waals surface area contributed by atoms with Crippen LogP contribution in [0.5, 0.6) is 0 Å². The molecule has 0 saturated carbocycles. The molecule has 0 radical (unpaired) electrons. The topological polar surface area (TPSA) is 85.8 Å². The molecule has 0 aliphatic carbocycles. The van der Waals surface area contributed by atoms with Gasteiger partial charge >= 0.3 is 0 Å². The molecule has 1 aromatic heterocycles. The van der Waals surface area contributed by atoms with E-state index < -0.39 is 23.7 Å². The predicted molar refractivity (Wildman–Crippen MR) is 70.0 cm³/mol. The fourth-order valence-electron chi connectivity index (χ4n) is 2.45. The van der Waals surface area contributed by atoms with Gasteiger partial charge in [-0.1, -0.05) is 18.7 Å². The number of fused-ring (bicyclic) bond motifs is 1. The summed E-state index contributed by atoms with van der Waals surface area (Å²) in [6.07, 6.45) is 1.35. The molecule has 2 atom stereocenters. The number of nitrogens with one attached hydrogen (secondary N) is 1. The fraction of sp³-hybridized carbons (Fsp3) is 0.154. The third-order valence-corrected chi connectivity index (χ3v) is 3.30. The van der Waals surface area contributed by atoms with E-state index in [4.69, 9.17) is 5.73 Å². The molecule has 1 amide bonds. The van der Waals surface area contributed by atoms with E-state index in [2.05, 4.69) is 22.0 Å². The molecule has 0 bridgehead atoms. The van der Waals surface area contributed by atoms with Crippen molar-refractivity contribution in [2.75, 3.05) is 5.32 Å². The molecule has 20 heavy (non-hydrogen) atoms. The van der Waals surface area contributed by atoms with Crippen molar-refractivity contribution in [1.29, 1.82) is 0 Å². The van der Waals surface area contributed by atoms with Crippen molar-refractivity contribution >= 4 is 11.9 Å². The summed E-state index contributed by atoms with van der Waals surface area (Å²) in [6.45, 7) is 3.81. The van der Waals surface area contributed by atoms with Crippen molar-refractivity contribution in [3.63, 3.8) is 0 Å². The maximum atomic E-state index is 13.4. The van der Waals surface area contributed by atoms with E-state index in [9.17, 15) is 9.18 Å². The summed E-state index contributed by atoms with van der Waals surface area (Å²) in [5.41, 5.74) is 6.46. The van der Waals surface area contributed by atoms with Gasteiger partial charge in [0.15, 0.2) is 0 Å². The summed E-state index contributed by atoms with van der Waals surface area (Å²) >= 11 is 0. The molecule has 2 aromatic rings. The van der Waals surface area contributed by atoms with E-state index in [1.54, 1.807) is 12.1 Å². The highest BCUT2D eigenvalue weighted by Gasteiger charge is 2.38. The number of carbonyl (C=O) groups excluding carboxylic acids is 1. The number of primary amides is 1. The zero-order valence-corrected chi connectivity index (χ0v) is 10.5. The van der Waals surface area contributed by atoms with Crippen LogP contribution in [0.1, 0.15) is 11.6 Å². The summed E-state index contributed by atoms with van der Waals surface area (Å²) < 4.78 is 15.0. The van der Waals surface area contributed by atoms with Crippen LogP contribution >= 0.6 is 0 Å². The zero-order chi connectivity index (χ0) is 14.3. The van der Waals surface area contributed by atoms with Crippen LogP contribution in [0.15, 0.2) is 42.9 Å². The summed E-state index contributed by atoms with van der Waals surface area (Å²) in [5.74, 6) is -1.23. The number of benzene rings is 1. The highest BCUT2D eigenvalue weighted by Crippen LogP contribution is 2.36. The molecule has 6 nitrogen and oxygen atoms in total. The normalized spacial score (nSPS) is 21.1. The first-order chi connectivity index (χ1) is 9.58. The van der Waals surface area contributed by atoms with Crippen LogP contribution in [-0.2, 0) is 4.79 Å². The van der Waals surface area contributed by atoms with E-state index in [0.29, 0.717) is 17.2 Å². The van der Waals surface area contributed by atoms with Crippen LogP contribution in [0, 0.1) is 11.7 Å². The Labute approximate surface area is 114 Å². The van der Waals surface area contributed by atoms with E-state index in [1.807, 2.05) is 0 Å². The molecule has 0 unspecified atom stereocenters. The number of rotatable bonds is 2. The van der Waals surface area contributed by atoms with Gasteiger partial charge < -0.3 is 11.1 Å². The Morgan fingerprint density at radius 2 is 2.30 bits per heavy atom. The predicted octanol–water partition coefficient (Wildman–Crippen LogP) is 1.05. The van der Waals surface area contributed by atoms with Gasteiger partial charge in [0.2, 0.25) is 11.9 Å². The number of aromatic nitrogens is 3. The number of hydrogen-bond donors (Lipinski definition) is 2. The summed E-state index contributed by atoms with van der Waals surface area (Å²) in [5, 5.41) is 6.97. The molecule has 3 rings (SSSR count). The average Bonchev–Trinajstić information content (AvgIpc) is 2.84. The lowest BCUT2D eigenvalue weighted by atomic mass is 9.89. The Morgan fingerprint density at radius 3 is 3.00 bits per heavy atom. The number of amides is 1. The minimum Gasteiger partial charge on any atom is -0.369 e. The quantitative estimate of drug-likeness (QED) is 0.856. The van der Waals surface area contributed by atoms with Gasteiger partial charge in [0.1, 0.15) is 18.1 Å². The van der Waals surface area contributed by atoms with Gasteiger partial charge in [0.25, 0.3) is 0 Å². The van der Waals surface area contributed by atoms with Crippen LogP contribution in [0.2, 0.25) is 0 Å². The lowest BCUT2D eigenvalue weighted by molar-refractivity contribution is -0.121. The van der Waals surface area contributed by atoms with Crippen LogP contribution in [0.4, 0.5) is 10.3 Å². The Hall–Kier alpha value is -2.70. The Bertz CT molecular complexity index is 696. The number of halogens is 1. The smallest absolute Gasteiger partial charge is 0.229 e. The third kappa shape index (κ3) is 1.83. The first-order valence-electron chi connectivity index (χ1n) is 5.98.